The van der Waals surface area contributed by atoms with Crippen LogP contribution in [-0.2, 0) is 13.1 Å². The average Bonchev–Trinajstić information content (AvgIpc) is 2.54. The summed E-state index contributed by atoms with van der Waals surface area (Å²) >= 11 is 0. The Labute approximate surface area is 91.7 Å². The topological polar surface area (TPSA) is 45.0 Å². The maximum atomic E-state index is 5.58. The number of hydrogen-bond donors (Lipinski definition) is 2. The molecule has 0 spiro atoms. The largest absolute Gasteiger partial charge is 0.360 e. The van der Waals surface area contributed by atoms with E-state index in [0.29, 0.717) is 6.54 Å². The Bertz CT molecular complexity index is 285. The van der Waals surface area contributed by atoms with Gasteiger partial charge in [0.15, 0.2) is 0 Å². The molecule has 3 N–H and O–H groups in total. The molecular weight excluding hydrogens is 186 g/mol. The first-order valence-electron chi connectivity index (χ1n) is 5.97. The molecule has 1 saturated heterocycles. The van der Waals surface area contributed by atoms with Crippen molar-refractivity contribution in [1.82, 2.24) is 9.88 Å². The van der Waals surface area contributed by atoms with Gasteiger partial charge in [-0.25, -0.2) is 0 Å². The standard InChI is InChI=1S/C12H21N3/c13-9-11-5-6-12(14-11)10-15-7-3-1-2-4-8-15/h5-6,14H,1-4,7-10,13H2. The normalized spacial score (nSPS) is 19.0. The van der Waals surface area contributed by atoms with Crippen LogP contribution in [0.4, 0.5) is 0 Å². The zero-order valence-electron chi connectivity index (χ0n) is 9.34. The fourth-order valence-electron chi connectivity index (χ4n) is 2.24. The molecule has 15 heavy (non-hydrogen) atoms. The predicted octanol–water partition coefficient (Wildman–Crippen LogP) is 1.85. The first-order valence-corrected chi connectivity index (χ1v) is 5.97. The van der Waals surface area contributed by atoms with Crippen LogP contribution in [0.15, 0.2) is 12.1 Å². The molecule has 1 fully saturated rings. The minimum atomic E-state index is 0.611. The van der Waals surface area contributed by atoms with Gasteiger partial charge in [-0.1, -0.05) is 12.8 Å². The highest BCUT2D eigenvalue weighted by Gasteiger charge is 2.09. The van der Waals surface area contributed by atoms with Crippen molar-refractivity contribution in [3.63, 3.8) is 0 Å². The summed E-state index contributed by atoms with van der Waals surface area (Å²) in [7, 11) is 0. The van der Waals surface area contributed by atoms with Gasteiger partial charge in [0.1, 0.15) is 0 Å². The van der Waals surface area contributed by atoms with E-state index in [1.807, 2.05) is 0 Å². The molecule has 0 amide bonds. The summed E-state index contributed by atoms with van der Waals surface area (Å²) in [6.07, 6.45) is 5.50. The van der Waals surface area contributed by atoms with E-state index in [4.69, 9.17) is 5.73 Å². The Balaban J connectivity index is 1.89. The van der Waals surface area contributed by atoms with E-state index in [-0.39, 0.29) is 0 Å². The van der Waals surface area contributed by atoms with E-state index in [0.717, 1.165) is 12.2 Å². The molecular formula is C12H21N3. The van der Waals surface area contributed by atoms with Crippen molar-refractivity contribution in [1.29, 1.82) is 0 Å². The highest BCUT2D eigenvalue weighted by molar-refractivity contribution is 5.12. The first kappa shape index (κ1) is 10.7. The highest BCUT2D eigenvalue weighted by Crippen LogP contribution is 2.12. The van der Waals surface area contributed by atoms with E-state index >= 15 is 0 Å². The minimum Gasteiger partial charge on any atom is -0.360 e. The van der Waals surface area contributed by atoms with Crippen molar-refractivity contribution >= 4 is 0 Å². The van der Waals surface area contributed by atoms with Crippen LogP contribution < -0.4 is 5.73 Å². The van der Waals surface area contributed by atoms with Crippen molar-refractivity contribution in [2.75, 3.05) is 13.1 Å². The van der Waals surface area contributed by atoms with Crippen LogP contribution in [0.2, 0.25) is 0 Å². The number of aromatic amines is 1. The molecule has 0 bridgehead atoms. The highest BCUT2D eigenvalue weighted by atomic mass is 15.1. The second-order valence-electron chi connectivity index (χ2n) is 4.40. The lowest BCUT2D eigenvalue weighted by molar-refractivity contribution is 0.274. The maximum Gasteiger partial charge on any atom is 0.0385 e. The summed E-state index contributed by atoms with van der Waals surface area (Å²) in [6.45, 7) is 4.16. The number of aromatic nitrogens is 1. The van der Waals surface area contributed by atoms with Crippen molar-refractivity contribution in [3.05, 3.63) is 23.5 Å². The molecule has 1 aromatic heterocycles. The Morgan fingerprint density at radius 2 is 1.73 bits per heavy atom. The summed E-state index contributed by atoms with van der Waals surface area (Å²) in [4.78, 5) is 5.90. The molecule has 2 rings (SSSR count). The van der Waals surface area contributed by atoms with E-state index in [1.54, 1.807) is 0 Å². The number of nitrogens with two attached hydrogens (primary N) is 1. The zero-order valence-corrected chi connectivity index (χ0v) is 9.34. The molecule has 84 valence electrons. The Morgan fingerprint density at radius 3 is 2.33 bits per heavy atom. The number of nitrogens with one attached hydrogen (secondary N) is 1. The molecule has 0 radical (unpaired) electrons. The zero-order chi connectivity index (χ0) is 10.5. The van der Waals surface area contributed by atoms with Gasteiger partial charge in [-0.15, -0.1) is 0 Å². The monoisotopic (exact) mass is 207 g/mol. The smallest absolute Gasteiger partial charge is 0.0385 e. The van der Waals surface area contributed by atoms with Crippen LogP contribution >= 0.6 is 0 Å². The van der Waals surface area contributed by atoms with Gasteiger partial charge in [0, 0.05) is 24.5 Å². The molecule has 0 aliphatic carbocycles. The van der Waals surface area contributed by atoms with Crippen LogP contribution in [0.25, 0.3) is 0 Å². The summed E-state index contributed by atoms with van der Waals surface area (Å²) in [5.41, 5.74) is 8.02. The number of likely N-dealkylation sites (tertiary alicyclic amines) is 1. The quantitative estimate of drug-likeness (QED) is 0.794. The van der Waals surface area contributed by atoms with Crippen molar-refractivity contribution < 1.29 is 0 Å². The van der Waals surface area contributed by atoms with E-state index < -0.39 is 0 Å². The van der Waals surface area contributed by atoms with E-state index in [2.05, 4.69) is 22.0 Å². The minimum absolute atomic E-state index is 0.611. The summed E-state index contributed by atoms with van der Waals surface area (Å²) in [5.74, 6) is 0. The van der Waals surface area contributed by atoms with Gasteiger partial charge in [-0.3, -0.25) is 4.90 Å². The van der Waals surface area contributed by atoms with Gasteiger partial charge in [0.05, 0.1) is 0 Å². The third-order valence-corrected chi connectivity index (χ3v) is 3.12. The lowest BCUT2D eigenvalue weighted by Crippen LogP contribution is -2.24. The SMILES string of the molecule is NCc1ccc(CN2CCCCCC2)[nH]1. The van der Waals surface area contributed by atoms with Crippen molar-refractivity contribution in [2.45, 2.75) is 38.8 Å². The van der Waals surface area contributed by atoms with Gasteiger partial charge >= 0.3 is 0 Å². The molecule has 3 nitrogen and oxygen atoms in total. The molecule has 2 heterocycles. The van der Waals surface area contributed by atoms with Crippen LogP contribution in [-0.4, -0.2) is 23.0 Å². The third kappa shape index (κ3) is 3.08. The second-order valence-corrected chi connectivity index (χ2v) is 4.40. The predicted molar refractivity (Wildman–Crippen MR) is 62.4 cm³/mol. The molecule has 0 unspecified atom stereocenters. The summed E-state index contributed by atoms with van der Waals surface area (Å²) in [6, 6.07) is 4.25. The second kappa shape index (κ2) is 5.33. The van der Waals surface area contributed by atoms with Crippen LogP contribution in [0.1, 0.15) is 37.1 Å². The third-order valence-electron chi connectivity index (χ3n) is 3.12. The van der Waals surface area contributed by atoms with Gasteiger partial charge in [-0.05, 0) is 38.1 Å². The molecule has 0 aromatic carbocycles. The van der Waals surface area contributed by atoms with Crippen molar-refractivity contribution in [2.24, 2.45) is 5.73 Å². The van der Waals surface area contributed by atoms with Gasteiger partial charge in [-0.2, -0.15) is 0 Å². The number of nitrogens with zero attached hydrogens (tertiary/aromatic N) is 1. The fraction of sp³-hybridized carbons (Fsp3) is 0.667. The lowest BCUT2D eigenvalue weighted by Gasteiger charge is -2.18. The van der Waals surface area contributed by atoms with Crippen LogP contribution in [0, 0.1) is 0 Å². The Hall–Kier alpha value is -0.800. The molecule has 1 aliphatic rings. The number of H-pyrrole nitrogens is 1. The molecule has 3 heteroatoms. The average molecular weight is 207 g/mol. The summed E-state index contributed by atoms with van der Waals surface area (Å²) < 4.78 is 0. The maximum absolute atomic E-state index is 5.58. The van der Waals surface area contributed by atoms with Crippen LogP contribution in [0.3, 0.4) is 0 Å². The van der Waals surface area contributed by atoms with Gasteiger partial charge in [0.2, 0.25) is 0 Å². The van der Waals surface area contributed by atoms with E-state index in [9.17, 15) is 0 Å². The van der Waals surface area contributed by atoms with Gasteiger partial charge in [0.25, 0.3) is 0 Å². The van der Waals surface area contributed by atoms with Crippen molar-refractivity contribution in [3.8, 4) is 0 Å². The Kier molecular flexibility index (Phi) is 3.80. The van der Waals surface area contributed by atoms with Crippen LogP contribution in [0.5, 0.6) is 0 Å². The summed E-state index contributed by atoms with van der Waals surface area (Å²) in [5, 5.41) is 0. The molecule has 1 aromatic rings. The molecule has 0 atom stereocenters. The number of hydrogen-bond acceptors (Lipinski definition) is 2. The van der Waals surface area contributed by atoms with Gasteiger partial charge < -0.3 is 10.7 Å². The first-order chi connectivity index (χ1) is 7.38. The number of rotatable bonds is 3. The Morgan fingerprint density at radius 1 is 1.07 bits per heavy atom. The lowest BCUT2D eigenvalue weighted by atomic mass is 10.2. The molecule has 0 saturated carbocycles. The fourth-order valence-corrected chi connectivity index (χ4v) is 2.24. The molecule has 1 aliphatic heterocycles. The van der Waals surface area contributed by atoms with E-state index in [1.165, 1.54) is 44.5 Å².